The third-order valence-corrected chi connectivity index (χ3v) is 6.65. The predicted molar refractivity (Wildman–Crippen MR) is 111 cm³/mol. The van der Waals surface area contributed by atoms with Crippen molar-refractivity contribution in [1.82, 2.24) is 14.3 Å². The van der Waals surface area contributed by atoms with Crippen molar-refractivity contribution in [2.45, 2.75) is 17.5 Å². The zero-order chi connectivity index (χ0) is 22.4. The summed E-state index contributed by atoms with van der Waals surface area (Å²) in [5.41, 5.74) is -0.141. The predicted octanol–water partition coefficient (Wildman–Crippen LogP) is 3.56. The van der Waals surface area contributed by atoms with Crippen molar-refractivity contribution in [2.24, 2.45) is 7.05 Å². The Balaban J connectivity index is 1.64. The summed E-state index contributed by atoms with van der Waals surface area (Å²) in [5, 5.41) is 0.622. The van der Waals surface area contributed by atoms with Crippen molar-refractivity contribution in [1.29, 1.82) is 0 Å². The first kappa shape index (κ1) is 21.1. The van der Waals surface area contributed by atoms with Crippen LogP contribution in [0.25, 0.3) is 21.8 Å². The van der Waals surface area contributed by atoms with Crippen LogP contribution in [0.5, 0.6) is 0 Å². The van der Waals surface area contributed by atoms with E-state index in [0.29, 0.717) is 12.5 Å². The van der Waals surface area contributed by atoms with Crippen molar-refractivity contribution in [3.05, 3.63) is 76.2 Å². The van der Waals surface area contributed by atoms with E-state index in [1.165, 1.54) is 19.2 Å². The van der Waals surface area contributed by atoms with E-state index in [9.17, 15) is 26.4 Å². The molecule has 0 aliphatic heterocycles. The summed E-state index contributed by atoms with van der Waals surface area (Å²) in [6.45, 7) is 0.0711. The molecular weight excluding hydrogens is 431 g/mol. The number of nitrogens with zero attached hydrogens (tertiary/aromatic N) is 1. The summed E-state index contributed by atoms with van der Waals surface area (Å²) in [5.74, 6) is 0. The maximum Gasteiger partial charge on any atom is 0.417 e. The Labute approximate surface area is 175 Å². The van der Waals surface area contributed by atoms with Gasteiger partial charge in [-0.15, -0.1) is 0 Å². The number of hydrogen-bond acceptors (Lipinski definition) is 3. The highest BCUT2D eigenvalue weighted by Gasteiger charge is 2.34. The Morgan fingerprint density at radius 1 is 1.06 bits per heavy atom. The SMILES string of the molecule is Cn1c(=O)cc(C(F)(F)F)c2cc(S(=O)(=O)NCCc3c[nH]c4ccccc34)ccc21. The zero-order valence-corrected chi connectivity index (χ0v) is 17.1. The molecule has 6 nitrogen and oxygen atoms in total. The van der Waals surface area contributed by atoms with Crippen molar-refractivity contribution in [3.63, 3.8) is 0 Å². The van der Waals surface area contributed by atoms with Gasteiger partial charge in [-0.3, -0.25) is 4.79 Å². The Bertz CT molecular complexity index is 1450. The van der Waals surface area contributed by atoms with Crippen molar-refractivity contribution < 1.29 is 21.6 Å². The molecule has 0 spiro atoms. The van der Waals surface area contributed by atoms with Crippen molar-refractivity contribution in [3.8, 4) is 0 Å². The van der Waals surface area contributed by atoms with Gasteiger partial charge in [-0.25, -0.2) is 13.1 Å². The second-order valence-electron chi connectivity index (χ2n) is 7.14. The molecule has 0 aliphatic carbocycles. The Morgan fingerprint density at radius 3 is 2.55 bits per heavy atom. The average molecular weight is 449 g/mol. The number of halogens is 3. The molecule has 2 aromatic heterocycles. The fraction of sp³-hybridized carbons (Fsp3) is 0.190. The molecular formula is C21H18F3N3O3S. The van der Waals surface area contributed by atoms with E-state index in [-0.39, 0.29) is 22.3 Å². The molecule has 0 fully saturated rings. The van der Waals surface area contributed by atoms with Crippen LogP contribution < -0.4 is 10.3 Å². The zero-order valence-electron chi connectivity index (χ0n) is 16.3. The van der Waals surface area contributed by atoms with Crippen LogP contribution in [0.1, 0.15) is 11.1 Å². The molecule has 0 aliphatic rings. The Morgan fingerprint density at radius 2 is 1.81 bits per heavy atom. The lowest BCUT2D eigenvalue weighted by Crippen LogP contribution is -2.26. The lowest BCUT2D eigenvalue weighted by atomic mass is 10.1. The van der Waals surface area contributed by atoms with Gasteiger partial charge in [0, 0.05) is 42.1 Å². The van der Waals surface area contributed by atoms with Crippen LogP contribution in [0, 0.1) is 0 Å². The number of alkyl halides is 3. The van der Waals surface area contributed by atoms with Crippen LogP contribution in [0.2, 0.25) is 0 Å². The van der Waals surface area contributed by atoms with E-state index < -0.39 is 27.3 Å². The number of sulfonamides is 1. The van der Waals surface area contributed by atoms with Crippen molar-refractivity contribution >= 4 is 31.8 Å². The number of pyridine rings is 1. The van der Waals surface area contributed by atoms with Crippen LogP contribution in [0.4, 0.5) is 13.2 Å². The molecule has 0 radical (unpaired) electrons. The first-order valence-corrected chi connectivity index (χ1v) is 10.8. The minimum Gasteiger partial charge on any atom is -0.361 e. The number of rotatable bonds is 5. The summed E-state index contributed by atoms with van der Waals surface area (Å²) in [4.78, 5) is 14.7. The van der Waals surface area contributed by atoms with Crippen molar-refractivity contribution in [2.75, 3.05) is 6.54 Å². The topological polar surface area (TPSA) is 84.0 Å². The van der Waals surface area contributed by atoms with E-state index in [1.807, 2.05) is 24.3 Å². The monoisotopic (exact) mass is 449 g/mol. The number of aromatic amines is 1. The highest BCUT2D eigenvalue weighted by Crippen LogP contribution is 2.34. The molecule has 10 heteroatoms. The van der Waals surface area contributed by atoms with Gasteiger partial charge in [0.2, 0.25) is 10.0 Å². The minimum atomic E-state index is -4.79. The smallest absolute Gasteiger partial charge is 0.361 e. The lowest BCUT2D eigenvalue weighted by molar-refractivity contribution is -0.136. The first-order valence-electron chi connectivity index (χ1n) is 9.33. The minimum absolute atomic E-state index is 0.00225. The van der Waals surface area contributed by atoms with E-state index in [4.69, 9.17) is 0 Å². The van der Waals surface area contributed by atoms with Gasteiger partial charge < -0.3 is 9.55 Å². The molecule has 2 aromatic carbocycles. The molecule has 4 aromatic rings. The lowest BCUT2D eigenvalue weighted by Gasteiger charge is -2.14. The van der Waals surface area contributed by atoms with Crippen LogP contribution in [-0.4, -0.2) is 24.5 Å². The average Bonchev–Trinajstić information content (AvgIpc) is 3.12. The van der Waals surface area contributed by atoms with Crippen LogP contribution in [-0.2, 0) is 29.7 Å². The molecule has 31 heavy (non-hydrogen) atoms. The van der Waals surface area contributed by atoms with Gasteiger partial charge in [0.15, 0.2) is 0 Å². The molecule has 2 heterocycles. The maximum atomic E-state index is 13.4. The first-order chi connectivity index (χ1) is 14.6. The van der Waals surface area contributed by atoms with Gasteiger partial charge in [0.05, 0.1) is 16.0 Å². The summed E-state index contributed by atoms with van der Waals surface area (Å²) in [6, 6.07) is 11.4. The molecule has 4 rings (SSSR count). The molecule has 0 saturated heterocycles. The van der Waals surface area contributed by atoms with Crippen LogP contribution in [0.15, 0.2) is 64.4 Å². The highest BCUT2D eigenvalue weighted by molar-refractivity contribution is 7.89. The number of aryl methyl sites for hydroxylation is 1. The molecule has 0 atom stereocenters. The number of hydrogen-bond donors (Lipinski definition) is 2. The van der Waals surface area contributed by atoms with E-state index in [2.05, 4.69) is 9.71 Å². The van der Waals surface area contributed by atoms with Gasteiger partial charge >= 0.3 is 6.18 Å². The molecule has 0 bridgehead atoms. The molecule has 0 saturated carbocycles. The van der Waals surface area contributed by atoms with Crippen LogP contribution >= 0.6 is 0 Å². The largest absolute Gasteiger partial charge is 0.417 e. The molecule has 0 amide bonds. The summed E-state index contributed by atoms with van der Waals surface area (Å²) in [7, 11) is -2.73. The summed E-state index contributed by atoms with van der Waals surface area (Å²) in [6.07, 6.45) is -2.60. The maximum absolute atomic E-state index is 13.4. The van der Waals surface area contributed by atoms with E-state index in [1.54, 1.807) is 6.20 Å². The molecule has 2 N–H and O–H groups in total. The number of aromatic nitrogens is 2. The number of para-hydroxylation sites is 1. The second kappa shape index (κ2) is 7.54. The van der Waals surface area contributed by atoms with Gasteiger partial charge in [0.25, 0.3) is 5.56 Å². The summed E-state index contributed by atoms with van der Waals surface area (Å²) < 4.78 is 69.2. The quantitative estimate of drug-likeness (QED) is 0.489. The fourth-order valence-corrected chi connectivity index (χ4v) is 4.64. The number of nitrogens with one attached hydrogen (secondary N) is 2. The molecule has 162 valence electrons. The third-order valence-electron chi connectivity index (χ3n) is 5.19. The normalized spacial score (nSPS) is 12.6. The van der Waals surface area contributed by atoms with Gasteiger partial charge in [-0.1, -0.05) is 18.2 Å². The third kappa shape index (κ3) is 3.96. The highest BCUT2D eigenvalue weighted by atomic mass is 32.2. The summed E-state index contributed by atoms with van der Waals surface area (Å²) >= 11 is 0. The van der Waals surface area contributed by atoms with Gasteiger partial charge in [0.1, 0.15) is 0 Å². The number of benzene rings is 2. The number of H-pyrrole nitrogens is 1. The molecule has 0 unspecified atom stereocenters. The van der Waals surface area contributed by atoms with Gasteiger partial charge in [-0.05, 0) is 36.2 Å². The van der Waals surface area contributed by atoms with E-state index in [0.717, 1.165) is 27.1 Å². The van der Waals surface area contributed by atoms with Crippen LogP contribution in [0.3, 0.4) is 0 Å². The van der Waals surface area contributed by atoms with Gasteiger partial charge in [-0.2, -0.15) is 13.2 Å². The van der Waals surface area contributed by atoms with E-state index >= 15 is 0 Å². The standard InChI is InChI=1S/C21H18F3N3O3S/c1-27-19-7-6-14(10-16(19)17(11-20(27)28)21(22,23)24)31(29,30)26-9-8-13-12-25-18-5-3-2-4-15(13)18/h2-7,10-12,25-26H,8-9H2,1H3. The Hall–Kier alpha value is -3.11. The Kier molecular flexibility index (Phi) is 5.14. The number of fused-ring (bicyclic) bond motifs is 2. The second-order valence-corrected chi connectivity index (χ2v) is 8.91. The fourth-order valence-electron chi connectivity index (χ4n) is 3.58.